The highest BCUT2D eigenvalue weighted by atomic mass is 16.5. The van der Waals surface area contributed by atoms with Crippen LogP contribution in [0.4, 0.5) is 0 Å². The Morgan fingerprint density at radius 3 is 2.20 bits per heavy atom. The minimum absolute atomic E-state index is 0.0305. The van der Waals surface area contributed by atoms with Gasteiger partial charge in [-0.05, 0) is 27.7 Å². The number of hydrogen-bond donors (Lipinski definition) is 1. The van der Waals surface area contributed by atoms with Gasteiger partial charge in [-0.25, -0.2) is 4.79 Å². The molecule has 0 saturated carbocycles. The molecule has 0 rings (SSSR count). The van der Waals surface area contributed by atoms with E-state index in [0.717, 1.165) is 0 Å². The zero-order valence-corrected chi connectivity index (χ0v) is 9.82. The van der Waals surface area contributed by atoms with Crippen LogP contribution in [-0.2, 0) is 14.3 Å². The normalized spacial score (nSPS) is 12.4. The maximum Gasteiger partial charge on any atom is 0.332 e. The van der Waals surface area contributed by atoms with E-state index in [1.54, 1.807) is 11.8 Å². The van der Waals surface area contributed by atoms with E-state index in [1.807, 2.05) is 20.8 Å². The maximum absolute atomic E-state index is 11.7. The van der Waals surface area contributed by atoms with Crippen molar-refractivity contribution in [1.29, 1.82) is 0 Å². The van der Waals surface area contributed by atoms with Crippen molar-refractivity contribution >= 4 is 11.9 Å². The molecule has 0 radical (unpaired) electrons. The third-order valence-corrected chi connectivity index (χ3v) is 2.05. The molecule has 0 aliphatic rings. The molecule has 1 amide bonds. The summed E-state index contributed by atoms with van der Waals surface area (Å²) in [6, 6.07) is -1.17. The van der Waals surface area contributed by atoms with Gasteiger partial charge in [-0.15, -0.1) is 0 Å². The molecule has 15 heavy (non-hydrogen) atoms. The maximum atomic E-state index is 11.7. The molecule has 0 aliphatic carbocycles. The predicted octanol–water partition coefficient (Wildman–Crippen LogP) is 0.134. The lowest BCUT2D eigenvalue weighted by Crippen LogP contribution is -2.51. The molecule has 0 fully saturated rings. The SMILES string of the molecule is CCOC(=O)C(N)C(=O)N(CC)C(C)C. The highest BCUT2D eigenvalue weighted by Gasteiger charge is 2.28. The van der Waals surface area contributed by atoms with Crippen molar-refractivity contribution in [3.63, 3.8) is 0 Å². The Morgan fingerprint density at radius 1 is 1.33 bits per heavy atom. The number of amides is 1. The van der Waals surface area contributed by atoms with E-state index < -0.39 is 12.0 Å². The van der Waals surface area contributed by atoms with Crippen LogP contribution < -0.4 is 5.73 Å². The summed E-state index contributed by atoms with van der Waals surface area (Å²) in [4.78, 5) is 24.5. The molecule has 0 aromatic heterocycles. The summed E-state index contributed by atoms with van der Waals surface area (Å²) < 4.78 is 4.69. The Labute approximate surface area is 90.6 Å². The summed E-state index contributed by atoms with van der Waals surface area (Å²) in [5, 5.41) is 0. The van der Waals surface area contributed by atoms with Gasteiger partial charge in [0.25, 0.3) is 5.91 Å². The summed E-state index contributed by atoms with van der Waals surface area (Å²) in [5.41, 5.74) is 5.50. The first-order valence-corrected chi connectivity index (χ1v) is 5.18. The topological polar surface area (TPSA) is 72.6 Å². The molecule has 0 aromatic rings. The van der Waals surface area contributed by atoms with Gasteiger partial charge in [0.15, 0.2) is 6.04 Å². The molecule has 5 nitrogen and oxygen atoms in total. The summed E-state index contributed by atoms with van der Waals surface area (Å²) in [6.45, 7) is 8.03. The Kier molecular flexibility index (Phi) is 5.93. The Hall–Kier alpha value is -1.10. The van der Waals surface area contributed by atoms with Gasteiger partial charge in [-0.1, -0.05) is 0 Å². The zero-order valence-electron chi connectivity index (χ0n) is 9.82. The smallest absolute Gasteiger partial charge is 0.332 e. The molecule has 0 aromatic carbocycles. The van der Waals surface area contributed by atoms with Crippen LogP contribution in [0.3, 0.4) is 0 Å². The van der Waals surface area contributed by atoms with Gasteiger partial charge < -0.3 is 15.4 Å². The number of ether oxygens (including phenoxy) is 1. The van der Waals surface area contributed by atoms with Crippen molar-refractivity contribution < 1.29 is 14.3 Å². The van der Waals surface area contributed by atoms with Crippen molar-refractivity contribution in [2.75, 3.05) is 13.2 Å². The molecular formula is C10H20N2O3. The number of nitrogens with two attached hydrogens (primary N) is 1. The lowest BCUT2D eigenvalue weighted by molar-refractivity contribution is -0.151. The van der Waals surface area contributed by atoms with Gasteiger partial charge in [0.1, 0.15) is 0 Å². The number of esters is 1. The number of rotatable bonds is 5. The quantitative estimate of drug-likeness (QED) is 0.524. The van der Waals surface area contributed by atoms with E-state index in [9.17, 15) is 9.59 Å². The fourth-order valence-electron chi connectivity index (χ4n) is 1.29. The largest absolute Gasteiger partial charge is 0.464 e. The van der Waals surface area contributed by atoms with Gasteiger partial charge in [0, 0.05) is 12.6 Å². The standard InChI is InChI=1S/C10H20N2O3/c1-5-12(7(3)4)9(13)8(11)10(14)15-6-2/h7-8H,5-6,11H2,1-4H3. The number of nitrogens with zero attached hydrogens (tertiary/aromatic N) is 1. The van der Waals surface area contributed by atoms with Crippen LogP contribution >= 0.6 is 0 Å². The Morgan fingerprint density at radius 2 is 1.87 bits per heavy atom. The van der Waals surface area contributed by atoms with E-state index >= 15 is 0 Å². The summed E-state index contributed by atoms with van der Waals surface area (Å²) >= 11 is 0. The monoisotopic (exact) mass is 216 g/mol. The van der Waals surface area contributed by atoms with Gasteiger partial charge in [0.2, 0.25) is 0 Å². The Balaban J connectivity index is 4.47. The molecule has 0 spiro atoms. The van der Waals surface area contributed by atoms with E-state index in [0.29, 0.717) is 6.54 Å². The highest BCUT2D eigenvalue weighted by molar-refractivity contribution is 6.01. The number of carbonyl (C=O) groups excluding carboxylic acids is 2. The van der Waals surface area contributed by atoms with Gasteiger partial charge in [-0.3, -0.25) is 4.79 Å². The Bertz CT molecular complexity index is 229. The second-order valence-electron chi connectivity index (χ2n) is 3.45. The molecule has 0 bridgehead atoms. The first kappa shape index (κ1) is 13.9. The summed E-state index contributed by atoms with van der Waals surface area (Å²) in [6.07, 6.45) is 0. The molecule has 0 saturated heterocycles. The first-order valence-electron chi connectivity index (χ1n) is 5.18. The predicted molar refractivity (Wildman–Crippen MR) is 57.1 cm³/mol. The molecular weight excluding hydrogens is 196 g/mol. The van der Waals surface area contributed by atoms with E-state index in [4.69, 9.17) is 5.73 Å². The first-order chi connectivity index (χ1) is 6.95. The third-order valence-electron chi connectivity index (χ3n) is 2.05. The molecule has 1 unspecified atom stereocenters. The van der Waals surface area contributed by atoms with Crippen LogP contribution in [0.5, 0.6) is 0 Å². The second-order valence-corrected chi connectivity index (χ2v) is 3.45. The van der Waals surface area contributed by atoms with Crippen LogP contribution in [0.15, 0.2) is 0 Å². The van der Waals surface area contributed by atoms with Crippen LogP contribution in [0.2, 0.25) is 0 Å². The number of carbonyl (C=O) groups is 2. The van der Waals surface area contributed by atoms with Crippen molar-refractivity contribution in [3.05, 3.63) is 0 Å². The van der Waals surface area contributed by atoms with Crippen LogP contribution in [0.1, 0.15) is 27.7 Å². The van der Waals surface area contributed by atoms with Crippen molar-refractivity contribution in [2.45, 2.75) is 39.8 Å². The summed E-state index contributed by atoms with van der Waals surface area (Å²) in [7, 11) is 0. The lowest BCUT2D eigenvalue weighted by Gasteiger charge is -2.27. The number of hydrogen-bond acceptors (Lipinski definition) is 4. The minimum Gasteiger partial charge on any atom is -0.464 e. The van der Waals surface area contributed by atoms with Crippen LogP contribution in [-0.4, -0.2) is 42.0 Å². The highest BCUT2D eigenvalue weighted by Crippen LogP contribution is 2.01. The van der Waals surface area contributed by atoms with E-state index in [1.165, 1.54) is 0 Å². The molecule has 0 heterocycles. The fourth-order valence-corrected chi connectivity index (χ4v) is 1.29. The van der Waals surface area contributed by atoms with Gasteiger partial charge >= 0.3 is 5.97 Å². The van der Waals surface area contributed by atoms with E-state index in [2.05, 4.69) is 4.74 Å². The molecule has 0 aliphatic heterocycles. The average molecular weight is 216 g/mol. The summed E-state index contributed by atoms with van der Waals surface area (Å²) in [5.74, 6) is -1.05. The molecule has 2 N–H and O–H groups in total. The van der Waals surface area contributed by atoms with Crippen molar-refractivity contribution in [1.82, 2.24) is 4.90 Å². The third kappa shape index (κ3) is 3.87. The van der Waals surface area contributed by atoms with Gasteiger partial charge in [0.05, 0.1) is 6.61 Å². The molecule has 88 valence electrons. The van der Waals surface area contributed by atoms with Crippen LogP contribution in [0, 0.1) is 0 Å². The van der Waals surface area contributed by atoms with Crippen LogP contribution in [0.25, 0.3) is 0 Å². The molecule has 5 heteroatoms. The van der Waals surface area contributed by atoms with Crippen molar-refractivity contribution in [3.8, 4) is 0 Å². The number of likely N-dealkylation sites (N-methyl/N-ethyl adjacent to an activating group) is 1. The average Bonchev–Trinajstić information content (AvgIpc) is 2.17. The second kappa shape index (κ2) is 6.40. The van der Waals surface area contributed by atoms with Gasteiger partial charge in [-0.2, -0.15) is 0 Å². The lowest BCUT2D eigenvalue weighted by atomic mass is 10.2. The minimum atomic E-state index is -1.20. The molecule has 1 atom stereocenters. The zero-order chi connectivity index (χ0) is 12.0. The fraction of sp³-hybridized carbons (Fsp3) is 0.800. The van der Waals surface area contributed by atoms with E-state index in [-0.39, 0.29) is 18.6 Å². The van der Waals surface area contributed by atoms with Crippen molar-refractivity contribution in [2.24, 2.45) is 5.73 Å².